The van der Waals surface area contributed by atoms with Gasteiger partial charge in [0, 0.05) is 24.6 Å². The molecule has 0 spiro atoms. The number of fused-ring (bicyclic) bond motifs is 1. The van der Waals surface area contributed by atoms with Gasteiger partial charge in [-0.05, 0) is 43.2 Å². The average molecular weight is 352 g/mol. The minimum Gasteiger partial charge on any atom is -0.497 e. The summed E-state index contributed by atoms with van der Waals surface area (Å²) in [6.07, 6.45) is 2.10. The van der Waals surface area contributed by atoms with Crippen LogP contribution in [0.3, 0.4) is 0 Å². The number of aromatic nitrogens is 1. The van der Waals surface area contributed by atoms with Crippen LogP contribution < -0.4 is 4.74 Å². The molecule has 1 fully saturated rings. The highest BCUT2D eigenvalue weighted by molar-refractivity contribution is 7.18. The minimum absolute atomic E-state index is 0.0738. The Labute approximate surface area is 151 Å². The maximum atomic E-state index is 12.9. The molecule has 1 aliphatic heterocycles. The summed E-state index contributed by atoms with van der Waals surface area (Å²) in [7, 11) is 1.62. The van der Waals surface area contributed by atoms with E-state index in [1.165, 1.54) is 4.70 Å². The summed E-state index contributed by atoms with van der Waals surface area (Å²) in [4.78, 5) is 19.6. The van der Waals surface area contributed by atoms with Crippen molar-refractivity contribution in [2.24, 2.45) is 0 Å². The van der Waals surface area contributed by atoms with Gasteiger partial charge in [-0.2, -0.15) is 0 Å². The van der Waals surface area contributed by atoms with Crippen LogP contribution in [-0.4, -0.2) is 36.0 Å². The number of carbonyl (C=O) groups is 1. The lowest BCUT2D eigenvalue weighted by Crippen LogP contribution is -2.39. The van der Waals surface area contributed by atoms with E-state index >= 15 is 0 Å². The van der Waals surface area contributed by atoms with Crippen molar-refractivity contribution in [3.8, 4) is 5.75 Å². The van der Waals surface area contributed by atoms with E-state index in [1.807, 2.05) is 41.3 Å². The molecular formula is C20H20N2O2S. The van der Waals surface area contributed by atoms with Gasteiger partial charge in [-0.15, -0.1) is 11.3 Å². The van der Waals surface area contributed by atoms with Crippen LogP contribution in [0.2, 0.25) is 0 Å². The van der Waals surface area contributed by atoms with Crippen LogP contribution in [0, 0.1) is 0 Å². The molecule has 25 heavy (non-hydrogen) atoms. The Balaban J connectivity index is 1.54. The number of amides is 1. The van der Waals surface area contributed by atoms with Crippen molar-refractivity contribution in [2.45, 2.75) is 18.8 Å². The van der Waals surface area contributed by atoms with Crippen LogP contribution in [0.4, 0.5) is 0 Å². The number of piperidine rings is 1. The topological polar surface area (TPSA) is 42.4 Å². The van der Waals surface area contributed by atoms with Gasteiger partial charge < -0.3 is 9.64 Å². The molecule has 0 saturated carbocycles. The summed E-state index contributed by atoms with van der Waals surface area (Å²) in [5.41, 5.74) is 1.74. The monoisotopic (exact) mass is 352 g/mol. The fourth-order valence-corrected chi connectivity index (χ4v) is 4.46. The van der Waals surface area contributed by atoms with Gasteiger partial charge in [0.2, 0.25) is 0 Å². The van der Waals surface area contributed by atoms with Crippen molar-refractivity contribution >= 4 is 27.5 Å². The summed E-state index contributed by atoms with van der Waals surface area (Å²) >= 11 is 1.75. The van der Waals surface area contributed by atoms with E-state index in [-0.39, 0.29) is 5.91 Å². The molecule has 128 valence electrons. The Kier molecular flexibility index (Phi) is 4.40. The lowest BCUT2D eigenvalue weighted by molar-refractivity contribution is 0.0706. The summed E-state index contributed by atoms with van der Waals surface area (Å²) in [6.45, 7) is 1.54. The lowest BCUT2D eigenvalue weighted by Gasteiger charge is -2.32. The highest BCUT2D eigenvalue weighted by Crippen LogP contribution is 2.33. The number of likely N-dealkylation sites (tertiary alicyclic amines) is 1. The second kappa shape index (κ2) is 6.84. The molecule has 1 aromatic heterocycles. The van der Waals surface area contributed by atoms with Crippen LogP contribution in [0.5, 0.6) is 5.75 Å². The molecule has 0 bridgehead atoms. The molecule has 0 aliphatic carbocycles. The molecule has 2 aromatic carbocycles. The van der Waals surface area contributed by atoms with Gasteiger partial charge in [0.05, 0.1) is 22.3 Å². The average Bonchev–Trinajstić information content (AvgIpc) is 3.12. The van der Waals surface area contributed by atoms with E-state index < -0.39 is 0 Å². The minimum atomic E-state index is 0.0738. The maximum Gasteiger partial charge on any atom is 0.254 e. The Morgan fingerprint density at radius 2 is 2.12 bits per heavy atom. The molecule has 0 N–H and O–H groups in total. The second-order valence-corrected chi connectivity index (χ2v) is 7.40. The molecule has 1 amide bonds. The van der Waals surface area contributed by atoms with Gasteiger partial charge in [-0.1, -0.05) is 18.2 Å². The zero-order valence-corrected chi connectivity index (χ0v) is 15.0. The van der Waals surface area contributed by atoms with Crippen molar-refractivity contribution in [3.63, 3.8) is 0 Å². The summed E-state index contributed by atoms with van der Waals surface area (Å²) < 4.78 is 6.45. The molecule has 0 radical (unpaired) electrons. The Morgan fingerprint density at radius 3 is 2.96 bits per heavy atom. The van der Waals surface area contributed by atoms with Gasteiger partial charge in [0.1, 0.15) is 5.75 Å². The molecule has 0 unspecified atom stereocenters. The fraction of sp³-hybridized carbons (Fsp3) is 0.300. The number of thiazole rings is 1. The van der Waals surface area contributed by atoms with Crippen molar-refractivity contribution in [2.75, 3.05) is 20.2 Å². The zero-order chi connectivity index (χ0) is 17.2. The largest absolute Gasteiger partial charge is 0.497 e. The first-order valence-corrected chi connectivity index (χ1v) is 9.35. The quantitative estimate of drug-likeness (QED) is 0.705. The third-order valence-electron chi connectivity index (χ3n) is 4.68. The van der Waals surface area contributed by atoms with Crippen LogP contribution in [0.15, 0.2) is 48.5 Å². The first-order valence-electron chi connectivity index (χ1n) is 8.53. The van der Waals surface area contributed by atoms with Crippen LogP contribution in [0.25, 0.3) is 10.2 Å². The van der Waals surface area contributed by atoms with E-state index in [9.17, 15) is 4.79 Å². The van der Waals surface area contributed by atoms with Gasteiger partial charge >= 0.3 is 0 Å². The highest BCUT2D eigenvalue weighted by Gasteiger charge is 2.27. The predicted molar refractivity (Wildman–Crippen MR) is 100 cm³/mol. The predicted octanol–water partition coefficient (Wildman–Crippen LogP) is 4.32. The molecule has 5 heteroatoms. The molecule has 1 aliphatic rings. The molecule has 1 atom stereocenters. The van der Waals surface area contributed by atoms with Gasteiger partial charge in [-0.3, -0.25) is 4.79 Å². The van der Waals surface area contributed by atoms with Crippen molar-refractivity contribution < 1.29 is 9.53 Å². The van der Waals surface area contributed by atoms with Crippen LogP contribution in [-0.2, 0) is 0 Å². The number of rotatable bonds is 3. The van der Waals surface area contributed by atoms with Crippen LogP contribution >= 0.6 is 11.3 Å². The van der Waals surface area contributed by atoms with E-state index in [0.717, 1.165) is 36.5 Å². The van der Waals surface area contributed by atoms with Gasteiger partial charge in [0.25, 0.3) is 5.91 Å². The molecule has 2 heterocycles. The number of hydrogen-bond acceptors (Lipinski definition) is 4. The third-order valence-corrected chi connectivity index (χ3v) is 5.88. The van der Waals surface area contributed by atoms with Crippen molar-refractivity contribution in [1.82, 2.24) is 9.88 Å². The number of benzene rings is 2. The number of carbonyl (C=O) groups excluding carboxylic acids is 1. The van der Waals surface area contributed by atoms with Crippen molar-refractivity contribution in [1.29, 1.82) is 0 Å². The Bertz CT molecular complexity index is 872. The number of para-hydroxylation sites is 1. The molecule has 1 saturated heterocycles. The van der Waals surface area contributed by atoms with E-state index in [1.54, 1.807) is 18.4 Å². The molecule has 3 aromatic rings. The third kappa shape index (κ3) is 3.24. The summed E-state index contributed by atoms with van der Waals surface area (Å²) in [6, 6.07) is 15.6. The normalized spacial score (nSPS) is 17.6. The highest BCUT2D eigenvalue weighted by atomic mass is 32.1. The standard InChI is InChI=1S/C20H20N2O2S/c1-24-16-8-4-6-14(12-16)20(23)22-11-5-7-15(13-22)19-21-17-9-2-3-10-18(17)25-19/h2-4,6,8-10,12,15H,5,7,11,13H2,1H3/t15-/m1/s1. The number of methoxy groups -OCH3 is 1. The van der Waals surface area contributed by atoms with Crippen LogP contribution in [0.1, 0.15) is 34.1 Å². The van der Waals surface area contributed by atoms with E-state index in [4.69, 9.17) is 9.72 Å². The summed E-state index contributed by atoms with van der Waals surface area (Å²) in [5.74, 6) is 1.11. The number of ether oxygens (including phenoxy) is 1. The smallest absolute Gasteiger partial charge is 0.254 e. The molecule has 4 rings (SSSR count). The SMILES string of the molecule is COc1cccc(C(=O)N2CCC[C@@H](c3nc4ccccc4s3)C2)c1. The van der Waals surface area contributed by atoms with Gasteiger partial charge in [-0.25, -0.2) is 4.98 Å². The first kappa shape index (κ1) is 16.1. The van der Waals surface area contributed by atoms with Crippen molar-refractivity contribution in [3.05, 3.63) is 59.1 Å². The first-order chi connectivity index (χ1) is 12.2. The molecule has 4 nitrogen and oxygen atoms in total. The number of nitrogens with zero attached hydrogens (tertiary/aromatic N) is 2. The fourth-order valence-electron chi connectivity index (χ4n) is 3.37. The Hall–Kier alpha value is -2.40. The maximum absolute atomic E-state index is 12.9. The van der Waals surface area contributed by atoms with E-state index in [2.05, 4.69) is 12.1 Å². The summed E-state index contributed by atoms with van der Waals surface area (Å²) in [5, 5.41) is 1.14. The lowest BCUT2D eigenvalue weighted by atomic mass is 9.98. The molecular weight excluding hydrogens is 332 g/mol. The second-order valence-electron chi connectivity index (χ2n) is 6.34. The van der Waals surface area contributed by atoms with Gasteiger partial charge in [0.15, 0.2) is 0 Å². The number of hydrogen-bond donors (Lipinski definition) is 0. The Morgan fingerprint density at radius 1 is 1.24 bits per heavy atom. The van der Waals surface area contributed by atoms with E-state index in [0.29, 0.717) is 17.2 Å². The zero-order valence-electron chi connectivity index (χ0n) is 14.1.